The highest BCUT2D eigenvalue weighted by molar-refractivity contribution is 7.20. The number of hydrogen-bond donors (Lipinski definition) is 0. The number of rotatable bonds is 2. The van der Waals surface area contributed by atoms with Gasteiger partial charge in [0.25, 0.3) is 0 Å². The van der Waals surface area contributed by atoms with Crippen LogP contribution in [-0.2, 0) is 12.8 Å². The standard InChI is InChI=1S/C31H35NS/c1-18-17-32-28-23-12-10-9-11-21(23)22-14-13-20-19(2)25(16-31(6,7)8)33-29(20)27(22)26(28)24(18)15-30(3,4)5/h9-14,17H,15-16H2,1-8H3/i1D3,2D3,15D2. The highest BCUT2D eigenvalue weighted by atomic mass is 32.1. The average molecular weight is 462 g/mol. The van der Waals surface area contributed by atoms with Crippen molar-refractivity contribution in [2.75, 3.05) is 0 Å². The summed E-state index contributed by atoms with van der Waals surface area (Å²) in [5.41, 5.74) is -0.324. The minimum absolute atomic E-state index is 0.0967. The number of aryl methyl sites for hydroxylation is 2. The molecule has 0 unspecified atom stereocenters. The first-order chi connectivity index (χ1) is 18.6. The second-order valence-electron chi connectivity index (χ2n) is 11.2. The van der Waals surface area contributed by atoms with Crippen molar-refractivity contribution in [1.82, 2.24) is 4.98 Å². The Kier molecular flexibility index (Phi) is 3.36. The van der Waals surface area contributed by atoms with Crippen LogP contribution in [0, 0.1) is 24.5 Å². The molecule has 5 rings (SSSR count). The monoisotopic (exact) mass is 461 g/mol. The van der Waals surface area contributed by atoms with E-state index in [0.717, 1.165) is 25.7 Å². The number of pyridine rings is 1. The number of aromatic nitrogens is 1. The van der Waals surface area contributed by atoms with Crippen molar-refractivity contribution < 1.29 is 11.0 Å². The van der Waals surface area contributed by atoms with Gasteiger partial charge in [0.05, 0.1) is 5.52 Å². The molecule has 0 aliphatic rings. The van der Waals surface area contributed by atoms with Crippen LogP contribution in [0.5, 0.6) is 0 Å². The molecule has 0 aliphatic carbocycles. The van der Waals surface area contributed by atoms with Crippen molar-refractivity contribution in [1.29, 1.82) is 0 Å². The van der Waals surface area contributed by atoms with Gasteiger partial charge in [-0.05, 0) is 70.2 Å². The zero-order valence-corrected chi connectivity index (χ0v) is 20.9. The lowest BCUT2D eigenvalue weighted by Crippen LogP contribution is -2.11. The lowest BCUT2D eigenvalue weighted by Gasteiger charge is -2.22. The van der Waals surface area contributed by atoms with Gasteiger partial charge in [-0.2, -0.15) is 0 Å². The Bertz CT molecular complexity index is 1830. The van der Waals surface area contributed by atoms with Gasteiger partial charge in [-0.25, -0.2) is 0 Å². The summed E-state index contributed by atoms with van der Waals surface area (Å²) >= 11 is 1.42. The van der Waals surface area contributed by atoms with Gasteiger partial charge in [-0.3, -0.25) is 4.98 Å². The molecule has 5 aromatic rings. The van der Waals surface area contributed by atoms with Crippen LogP contribution >= 0.6 is 11.3 Å². The molecule has 1 nitrogen and oxygen atoms in total. The van der Waals surface area contributed by atoms with E-state index in [-0.39, 0.29) is 16.5 Å². The van der Waals surface area contributed by atoms with Crippen molar-refractivity contribution in [2.24, 2.45) is 10.8 Å². The van der Waals surface area contributed by atoms with E-state index in [1.165, 1.54) is 17.5 Å². The number of fused-ring (bicyclic) bond motifs is 8. The van der Waals surface area contributed by atoms with Crippen LogP contribution in [0.25, 0.3) is 42.5 Å². The van der Waals surface area contributed by atoms with Gasteiger partial charge in [-0.15, -0.1) is 11.3 Å². The smallest absolute Gasteiger partial charge is 0.0790 e. The van der Waals surface area contributed by atoms with Gasteiger partial charge < -0.3 is 0 Å². The zero-order chi connectivity index (χ0) is 30.5. The van der Waals surface area contributed by atoms with Gasteiger partial charge in [0, 0.05) is 42.9 Å². The molecule has 170 valence electrons. The first-order valence-electron chi connectivity index (χ1n) is 15.4. The summed E-state index contributed by atoms with van der Waals surface area (Å²) in [4.78, 5) is 5.46. The van der Waals surface area contributed by atoms with Crippen LogP contribution in [0.1, 0.15) is 74.1 Å². The minimum Gasteiger partial charge on any atom is -0.255 e. The molecule has 2 heteroatoms. The van der Waals surface area contributed by atoms with E-state index in [4.69, 9.17) is 13.2 Å². The molecular weight excluding hydrogens is 418 g/mol. The van der Waals surface area contributed by atoms with E-state index < -0.39 is 25.5 Å². The Balaban J connectivity index is 2.17. The fourth-order valence-electron chi connectivity index (χ4n) is 4.68. The van der Waals surface area contributed by atoms with Crippen LogP contribution in [0.4, 0.5) is 0 Å². The van der Waals surface area contributed by atoms with E-state index >= 15 is 0 Å². The first kappa shape index (κ1) is 14.7. The lowest BCUT2D eigenvalue weighted by atomic mass is 9.83. The molecule has 0 N–H and O–H groups in total. The molecule has 3 aromatic carbocycles. The quantitative estimate of drug-likeness (QED) is 0.238. The summed E-state index contributed by atoms with van der Waals surface area (Å²) in [6.45, 7) is 6.54. The summed E-state index contributed by atoms with van der Waals surface area (Å²) < 4.78 is 70.0. The molecule has 0 radical (unpaired) electrons. The van der Waals surface area contributed by atoms with Crippen LogP contribution in [-0.4, -0.2) is 4.98 Å². The number of benzene rings is 3. The van der Waals surface area contributed by atoms with Crippen molar-refractivity contribution in [3.05, 3.63) is 64.2 Å². The number of thiophene rings is 1. The van der Waals surface area contributed by atoms with Gasteiger partial charge in [0.1, 0.15) is 0 Å². The summed E-state index contributed by atoms with van der Waals surface area (Å²) in [5.74, 6) is 0. The van der Waals surface area contributed by atoms with E-state index in [1.54, 1.807) is 20.8 Å². The second kappa shape index (κ2) is 7.53. The molecule has 2 aromatic heterocycles. The highest BCUT2D eigenvalue weighted by Crippen LogP contribution is 2.45. The highest BCUT2D eigenvalue weighted by Gasteiger charge is 2.23. The maximum atomic E-state index is 9.38. The van der Waals surface area contributed by atoms with Crippen molar-refractivity contribution in [2.45, 2.75) is 68.0 Å². The molecule has 33 heavy (non-hydrogen) atoms. The van der Waals surface area contributed by atoms with Crippen LogP contribution in [0.3, 0.4) is 0 Å². The summed E-state index contributed by atoms with van der Waals surface area (Å²) in [7, 11) is 0. The van der Waals surface area contributed by atoms with E-state index in [9.17, 15) is 2.74 Å². The zero-order valence-electron chi connectivity index (χ0n) is 28.1. The largest absolute Gasteiger partial charge is 0.255 e. The predicted molar refractivity (Wildman–Crippen MR) is 148 cm³/mol. The second-order valence-corrected chi connectivity index (χ2v) is 12.3. The van der Waals surface area contributed by atoms with Crippen molar-refractivity contribution >= 4 is 53.9 Å². The maximum absolute atomic E-state index is 9.38. The molecule has 0 saturated heterocycles. The van der Waals surface area contributed by atoms with Crippen molar-refractivity contribution in [3.8, 4) is 0 Å². The summed E-state index contributed by atoms with van der Waals surface area (Å²) in [6.07, 6.45) is -0.199. The van der Waals surface area contributed by atoms with E-state index in [2.05, 4.69) is 20.8 Å². The first-order valence-corrected chi connectivity index (χ1v) is 12.2. The van der Waals surface area contributed by atoms with E-state index in [1.807, 2.05) is 36.4 Å². The molecule has 0 saturated carbocycles. The third-order valence-electron chi connectivity index (χ3n) is 5.92. The number of hydrogen-bond acceptors (Lipinski definition) is 2. The topological polar surface area (TPSA) is 12.9 Å². The Hall–Kier alpha value is -2.45. The molecule has 0 atom stereocenters. The molecule has 0 amide bonds. The van der Waals surface area contributed by atoms with Gasteiger partial charge in [-0.1, -0.05) is 77.9 Å². The van der Waals surface area contributed by atoms with Gasteiger partial charge >= 0.3 is 0 Å². The predicted octanol–water partition coefficient (Wildman–Crippen LogP) is 9.55. The average Bonchev–Trinajstić information content (AvgIpc) is 3.18. The molecule has 0 aliphatic heterocycles. The normalized spacial score (nSPS) is 17.9. The third kappa shape index (κ3) is 3.83. The molecule has 0 bridgehead atoms. The van der Waals surface area contributed by atoms with Crippen LogP contribution in [0.15, 0.2) is 42.6 Å². The number of nitrogens with zero attached hydrogens (tertiary/aromatic N) is 1. The summed E-state index contributed by atoms with van der Waals surface area (Å²) in [5, 5.41) is 4.21. The summed E-state index contributed by atoms with van der Waals surface area (Å²) in [6, 6.07) is 11.5. The van der Waals surface area contributed by atoms with Gasteiger partial charge in [0.2, 0.25) is 0 Å². The fourth-order valence-corrected chi connectivity index (χ4v) is 6.23. The van der Waals surface area contributed by atoms with Crippen molar-refractivity contribution in [3.63, 3.8) is 0 Å². The Morgan fingerprint density at radius 3 is 2.24 bits per heavy atom. The van der Waals surface area contributed by atoms with Gasteiger partial charge in [0.15, 0.2) is 0 Å². The Morgan fingerprint density at radius 1 is 0.848 bits per heavy atom. The minimum atomic E-state index is -2.61. The third-order valence-corrected chi connectivity index (χ3v) is 7.15. The molecule has 2 heterocycles. The lowest BCUT2D eigenvalue weighted by molar-refractivity contribution is 0.412. The molecule has 0 spiro atoms. The molecular formula is C31H35NS. The Morgan fingerprint density at radius 2 is 1.58 bits per heavy atom. The molecule has 0 fully saturated rings. The maximum Gasteiger partial charge on any atom is 0.0790 e. The van der Waals surface area contributed by atoms with Crippen LogP contribution < -0.4 is 0 Å². The van der Waals surface area contributed by atoms with E-state index in [0.29, 0.717) is 33.7 Å². The van der Waals surface area contributed by atoms with Crippen LogP contribution in [0.2, 0.25) is 0 Å². The Labute approximate surface area is 213 Å². The SMILES string of the molecule is [2H]C([2H])([2H])c1cnc2c3ccccc3c3ccc4c(C([2H])([2H])[2H])c(CC(C)(C)C)sc4c3c2c1C([2H])([2H])C(C)(C)C. The fraction of sp³-hybridized carbons (Fsp3) is 0.387.